The first-order chi connectivity index (χ1) is 14.1. The molecule has 1 aliphatic carbocycles. The van der Waals surface area contributed by atoms with Gasteiger partial charge in [0.2, 0.25) is 11.8 Å². The first-order valence-corrected chi connectivity index (χ1v) is 10.5. The predicted octanol–water partition coefficient (Wildman–Crippen LogP) is 3.63. The van der Waals surface area contributed by atoms with Crippen LogP contribution in [0.3, 0.4) is 0 Å². The van der Waals surface area contributed by atoms with Crippen molar-refractivity contribution in [3.63, 3.8) is 0 Å². The van der Waals surface area contributed by atoms with Crippen LogP contribution in [0.2, 0.25) is 0 Å². The lowest BCUT2D eigenvalue weighted by Crippen LogP contribution is -2.42. The van der Waals surface area contributed by atoms with Gasteiger partial charge in [-0.3, -0.25) is 24.2 Å². The fourth-order valence-electron chi connectivity index (χ4n) is 5.14. The summed E-state index contributed by atoms with van der Waals surface area (Å²) in [4.78, 5) is 42.2. The second-order valence-corrected chi connectivity index (χ2v) is 8.25. The Morgan fingerprint density at radius 3 is 1.79 bits per heavy atom. The molecule has 5 nitrogen and oxygen atoms in total. The molecule has 2 aromatic rings. The van der Waals surface area contributed by atoms with Gasteiger partial charge in [0, 0.05) is 0 Å². The standard InChI is InChI=1S/C24H24N2O3/c27-22(15-25-23(28)18-9-3-4-10-19(18)24(25)29)26-20-11-5-1-7-16(20)13-14-17-8-2-6-12-21(17)26/h1-2,5-8,11-12,18-19H,3-4,9-10,13-15H2. The summed E-state index contributed by atoms with van der Waals surface area (Å²) in [5, 5.41) is 0. The van der Waals surface area contributed by atoms with Gasteiger partial charge in [-0.25, -0.2) is 0 Å². The zero-order chi connectivity index (χ0) is 20.0. The van der Waals surface area contributed by atoms with Crippen molar-refractivity contribution in [1.82, 2.24) is 4.90 Å². The number of aryl methyl sites for hydroxylation is 2. The number of nitrogens with zero attached hydrogens (tertiary/aromatic N) is 2. The third-order valence-electron chi connectivity index (χ3n) is 6.60. The number of benzene rings is 2. The maximum atomic E-state index is 13.5. The van der Waals surface area contributed by atoms with Crippen LogP contribution >= 0.6 is 0 Å². The van der Waals surface area contributed by atoms with Crippen molar-refractivity contribution in [2.45, 2.75) is 38.5 Å². The molecule has 2 atom stereocenters. The van der Waals surface area contributed by atoms with Gasteiger partial charge in [-0.05, 0) is 48.9 Å². The summed E-state index contributed by atoms with van der Waals surface area (Å²) in [5.41, 5.74) is 3.90. The molecule has 0 bridgehead atoms. The van der Waals surface area contributed by atoms with Crippen LogP contribution < -0.4 is 4.90 Å². The second-order valence-electron chi connectivity index (χ2n) is 8.25. The molecule has 5 rings (SSSR count). The summed E-state index contributed by atoms with van der Waals surface area (Å²) in [6, 6.07) is 15.8. The van der Waals surface area contributed by atoms with Crippen LogP contribution in [0.25, 0.3) is 0 Å². The van der Waals surface area contributed by atoms with Gasteiger partial charge >= 0.3 is 0 Å². The van der Waals surface area contributed by atoms with Crippen molar-refractivity contribution in [1.29, 1.82) is 0 Å². The molecule has 148 valence electrons. The van der Waals surface area contributed by atoms with Crippen LogP contribution in [-0.2, 0) is 27.2 Å². The SMILES string of the molecule is O=C1C2CCCCC2C(=O)N1CC(=O)N1c2ccccc2CCc2ccccc21. The lowest BCUT2D eigenvalue weighted by molar-refractivity contribution is -0.143. The molecule has 0 radical (unpaired) electrons. The van der Waals surface area contributed by atoms with E-state index in [2.05, 4.69) is 0 Å². The lowest BCUT2D eigenvalue weighted by Gasteiger charge is -2.27. The Hall–Kier alpha value is -2.95. The van der Waals surface area contributed by atoms with Crippen molar-refractivity contribution in [2.24, 2.45) is 11.8 Å². The molecular weight excluding hydrogens is 364 g/mol. The molecule has 0 N–H and O–H groups in total. The van der Waals surface area contributed by atoms with E-state index in [1.165, 1.54) is 4.90 Å². The summed E-state index contributed by atoms with van der Waals surface area (Å²) in [6.07, 6.45) is 5.18. The number of hydrogen-bond acceptors (Lipinski definition) is 3. The monoisotopic (exact) mass is 388 g/mol. The van der Waals surface area contributed by atoms with Gasteiger partial charge in [-0.2, -0.15) is 0 Å². The summed E-state index contributed by atoms with van der Waals surface area (Å²) in [6.45, 7) is -0.187. The molecule has 3 aliphatic rings. The zero-order valence-corrected chi connectivity index (χ0v) is 16.3. The Morgan fingerprint density at radius 1 is 0.793 bits per heavy atom. The van der Waals surface area contributed by atoms with Crippen molar-refractivity contribution in [3.05, 3.63) is 59.7 Å². The van der Waals surface area contributed by atoms with Crippen LogP contribution in [0.4, 0.5) is 11.4 Å². The average molecular weight is 388 g/mol. The number of imide groups is 1. The summed E-state index contributed by atoms with van der Waals surface area (Å²) in [7, 11) is 0. The number of para-hydroxylation sites is 2. The van der Waals surface area contributed by atoms with Crippen LogP contribution in [0.1, 0.15) is 36.8 Å². The number of rotatable bonds is 2. The molecule has 2 unspecified atom stereocenters. The van der Waals surface area contributed by atoms with E-state index < -0.39 is 0 Å². The summed E-state index contributed by atoms with van der Waals surface area (Å²) in [5.74, 6) is -1.01. The Bertz CT molecular complexity index is 928. The molecular formula is C24H24N2O3. The smallest absolute Gasteiger partial charge is 0.251 e. The number of amides is 3. The molecule has 1 saturated carbocycles. The van der Waals surface area contributed by atoms with Crippen LogP contribution in [0.5, 0.6) is 0 Å². The molecule has 5 heteroatoms. The molecule has 3 amide bonds. The third kappa shape index (κ3) is 2.96. The first-order valence-electron chi connectivity index (χ1n) is 10.5. The van der Waals surface area contributed by atoms with E-state index in [0.717, 1.165) is 61.0 Å². The van der Waals surface area contributed by atoms with Gasteiger partial charge < -0.3 is 0 Å². The molecule has 2 aliphatic heterocycles. The summed E-state index contributed by atoms with van der Waals surface area (Å²) < 4.78 is 0. The number of carbonyl (C=O) groups is 3. The average Bonchev–Trinajstić information content (AvgIpc) is 2.90. The zero-order valence-electron chi connectivity index (χ0n) is 16.3. The first kappa shape index (κ1) is 18.1. The Labute approximate surface area is 170 Å². The lowest BCUT2D eigenvalue weighted by atomic mass is 9.81. The van der Waals surface area contributed by atoms with E-state index in [1.54, 1.807) is 4.90 Å². The van der Waals surface area contributed by atoms with Gasteiger partial charge in [-0.1, -0.05) is 49.2 Å². The normalized spacial score (nSPS) is 23.3. The van der Waals surface area contributed by atoms with E-state index >= 15 is 0 Å². The molecule has 2 heterocycles. The van der Waals surface area contributed by atoms with Crippen LogP contribution in [0, 0.1) is 11.8 Å². The molecule has 2 aromatic carbocycles. The van der Waals surface area contributed by atoms with Crippen molar-refractivity contribution >= 4 is 29.1 Å². The van der Waals surface area contributed by atoms with Gasteiger partial charge in [0.25, 0.3) is 5.91 Å². The highest BCUT2D eigenvalue weighted by Gasteiger charge is 2.49. The maximum absolute atomic E-state index is 13.5. The molecule has 2 fully saturated rings. The highest BCUT2D eigenvalue weighted by molar-refractivity contribution is 6.11. The predicted molar refractivity (Wildman–Crippen MR) is 110 cm³/mol. The molecule has 0 aromatic heterocycles. The van der Waals surface area contributed by atoms with Crippen molar-refractivity contribution in [3.8, 4) is 0 Å². The van der Waals surface area contributed by atoms with Gasteiger partial charge in [0.15, 0.2) is 0 Å². The number of fused-ring (bicyclic) bond motifs is 3. The van der Waals surface area contributed by atoms with Crippen molar-refractivity contribution in [2.75, 3.05) is 11.4 Å². The quantitative estimate of drug-likeness (QED) is 0.739. The van der Waals surface area contributed by atoms with Crippen LogP contribution in [0.15, 0.2) is 48.5 Å². The largest absolute Gasteiger partial charge is 0.279 e. The minimum absolute atomic E-state index is 0.163. The topological polar surface area (TPSA) is 57.7 Å². The fourth-order valence-corrected chi connectivity index (χ4v) is 5.14. The Kier molecular flexibility index (Phi) is 4.46. The highest BCUT2D eigenvalue weighted by Crippen LogP contribution is 2.39. The Morgan fingerprint density at radius 2 is 1.28 bits per heavy atom. The van der Waals surface area contributed by atoms with E-state index in [1.807, 2.05) is 48.5 Å². The van der Waals surface area contributed by atoms with E-state index in [0.29, 0.717) is 0 Å². The molecule has 29 heavy (non-hydrogen) atoms. The fraction of sp³-hybridized carbons (Fsp3) is 0.375. The minimum Gasteiger partial charge on any atom is -0.279 e. The van der Waals surface area contributed by atoms with Crippen LogP contribution in [-0.4, -0.2) is 29.2 Å². The van der Waals surface area contributed by atoms with E-state index in [9.17, 15) is 14.4 Å². The minimum atomic E-state index is -0.229. The van der Waals surface area contributed by atoms with E-state index in [-0.39, 0.29) is 36.1 Å². The van der Waals surface area contributed by atoms with Crippen molar-refractivity contribution < 1.29 is 14.4 Å². The third-order valence-corrected chi connectivity index (χ3v) is 6.60. The van der Waals surface area contributed by atoms with Gasteiger partial charge in [0.05, 0.1) is 23.2 Å². The summed E-state index contributed by atoms with van der Waals surface area (Å²) >= 11 is 0. The number of anilines is 2. The molecule has 1 saturated heterocycles. The second kappa shape index (κ2) is 7.14. The number of likely N-dealkylation sites (tertiary alicyclic amines) is 1. The molecule has 0 spiro atoms. The van der Waals surface area contributed by atoms with E-state index in [4.69, 9.17) is 0 Å². The Balaban J connectivity index is 1.50. The maximum Gasteiger partial charge on any atom is 0.251 e. The number of hydrogen-bond donors (Lipinski definition) is 0. The van der Waals surface area contributed by atoms with Gasteiger partial charge in [-0.15, -0.1) is 0 Å². The number of carbonyl (C=O) groups excluding carboxylic acids is 3. The van der Waals surface area contributed by atoms with Gasteiger partial charge in [0.1, 0.15) is 6.54 Å². The highest BCUT2D eigenvalue weighted by atomic mass is 16.2.